The van der Waals surface area contributed by atoms with E-state index in [4.69, 9.17) is 5.26 Å². The molecule has 1 aromatic carbocycles. The maximum atomic E-state index is 11.5. The molecule has 0 amide bonds. The summed E-state index contributed by atoms with van der Waals surface area (Å²) in [4.78, 5) is 19.3. The number of aromatic amines is 1. The van der Waals surface area contributed by atoms with E-state index in [1.54, 1.807) is 17.8 Å². The van der Waals surface area contributed by atoms with Crippen LogP contribution in [0.5, 0.6) is 0 Å². The molecule has 1 heterocycles. The zero-order chi connectivity index (χ0) is 13.0. The highest BCUT2D eigenvalue weighted by Gasteiger charge is 2.04. The summed E-state index contributed by atoms with van der Waals surface area (Å²) in [6.45, 7) is 2.10. The van der Waals surface area contributed by atoms with Crippen molar-refractivity contribution in [1.29, 1.82) is 5.26 Å². The Kier molecular flexibility index (Phi) is 3.80. The smallest absolute Gasteiger partial charge is 0.269 e. The molecule has 1 N–H and O–H groups in total. The van der Waals surface area contributed by atoms with Crippen molar-refractivity contribution < 1.29 is 0 Å². The molecule has 1 aromatic heterocycles. The number of H-pyrrole nitrogens is 1. The van der Waals surface area contributed by atoms with Crippen molar-refractivity contribution in [2.45, 2.75) is 11.8 Å². The van der Waals surface area contributed by atoms with Crippen LogP contribution in [0.3, 0.4) is 0 Å². The van der Waals surface area contributed by atoms with Gasteiger partial charge in [0.25, 0.3) is 5.56 Å². The number of hydrogen-bond donors (Lipinski definition) is 1. The van der Waals surface area contributed by atoms with Gasteiger partial charge in [0.15, 0.2) is 0 Å². The zero-order valence-electron chi connectivity index (χ0n) is 9.80. The largest absolute Gasteiger partial charge is 0.305 e. The van der Waals surface area contributed by atoms with Crippen LogP contribution in [0, 0.1) is 11.3 Å². The first kappa shape index (κ1) is 12.4. The second-order valence-corrected chi connectivity index (χ2v) is 4.88. The van der Waals surface area contributed by atoms with Crippen LogP contribution in [0.1, 0.15) is 12.5 Å². The molecule has 0 aliphatic rings. The molecule has 0 saturated carbocycles. The van der Waals surface area contributed by atoms with Gasteiger partial charge in [-0.3, -0.25) is 4.79 Å². The van der Waals surface area contributed by atoms with Crippen molar-refractivity contribution in [1.82, 2.24) is 9.97 Å². The Labute approximate surface area is 109 Å². The van der Waals surface area contributed by atoms with E-state index < -0.39 is 5.56 Å². The molecule has 90 valence electrons. The third-order valence-electron chi connectivity index (χ3n) is 2.36. The highest BCUT2D eigenvalue weighted by molar-refractivity contribution is 7.99. The predicted octanol–water partition coefficient (Wildman–Crippen LogP) is 2.42. The second kappa shape index (κ2) is 5.52. The molecule has 0 atom stereocenters. The Morgan fingerprint density at radius 1 is 1.39 bits per heavy atom. The molecular formula is C13H11N3OS. The predicted molar refractivity (Wildman–Crippen MR) is 71.4 cm³/mol. The van der Waals surface area contributed by atoms with E-state index in [1.807, 2.05) is 24.3 Å². The van der Waals surface area contributed by atoms with E-state index in [2.05, 4.69) is 16.9 Å². The van der Waals surface area contributed by atoms with Gasteiger partial charge in [-0.05, 0) is 17.9 Å². The van der Waals surface area contributed by atoms with Crippen molar-refractivity contribution in [2.24, 2.45) is 0 Å². The SMILES string of the molecule is CCSc1ccc(-c2ncc(C#N)c(=O)[nH]2)cc1. The number of benzene rings is 1. The Morgan fingerprint density at radius 3 is 2.67 bits per heavy atom. The van der Waals surface area contributed by atoms with Crippen molar-refractivity contribution >= 4 is 11.8 Å². The normalized spacial score (nSPS) is 10.0. The molecule has 5 heteroatoms. The molecule has 0 unspecified atom stereocenters. The first-order chi connectivity index (χ1) is 8.74. The molecular weight excluding hydrogens is 246 g/mol. The van der Waals surface area contributed by atoms with Crippen molar-refractivity contribution in [3.05, 3.63) is 46.4 Å². The minimum atomic E-state index is -0.408. The Hall–Kier alpha value is -2.06. The Balaban J connectivity index is 2.34. The van der Waals surface area contributed by atoms with Gasteiger partial charge in [0.05, 0.1) is 6.20 Å². The third-order valence-corrected chi connectivity index (χ3v) is 3.25. The highest BCUT2D eigenvalue weighted by Crippen LogP contribution is 2.21. The molecule has 0 aliphatic heterocycles. The summed E-state index contributed by atoms with van der Waals surface area (Å²) in [6.07, 6.45) is 1.29. The molecule has 0 spiro atoms. The summed E-state index contributed by atoms with van der Waals surface area (Å²) in [5, 5.41) is 8.66. The number of aromatic nitrogens is 2. The fraction of sp³-hybridized carbons (Fsp3) is 0.154. The fourth-order valence-electron chi connectivity index (χ4n) is 1.50. The van der Waals surface area contributed by atoms with E-state index in [1.165, 1.54) is 11.1 Å². The summed E-state index contributed by atoms with van der Waals surface area (Å²) >= 11 is 1.75. The summed E-state index contributed by atoms with van der Waals surface area (Å²) in [7, 11) is 0. The number of thioether (sulfide) groups is 1. The lowest BCUT2D eigenvalue weighted by Gasteiger charge is -2.02. The molecule has 0 saturated heterocycles. The van der Waals surface area contributed by atoms with E-state index in [-0.39, 0.29) is 5.56 Å². The quantitative estimate of drug-likeness (QED) is 0.857. The average Bonchev–Trinajstić information content (AvgIpc) is 2.40. The van der Waals surface area contributed by atoms with E-state index >= 15 is 0 Å². The van der Waals surface area contributed by atoms with Gasteiger partial charge in [0, 0.05) is 10.5 Å². The Morgan fingerprint density at radius 2 is 2.11 bits per heavy atom. The van der Waals surface area contributed by atoms with Gasteiger partial charge in [0.1, 0.15) is 17.5 Å². The third kappa shape index (κ3) is 2.60. The van der Waals surface area contributed by atoms with Crippen LogP contribution < -0.4 is 5.56 Å². The van der Waals surface area contributed by atoms with Crippen LogP contribution in [0.25, 0.3) is 11.4 Å². The molecule has 2 aromatic rings. The topological polar surface area (TPSA) is 69.5 Å². The van der Waals surface area contributed by atoms with Crippen LogP contribution >= 0.6 is 11.8 Å². The summed E-state index contributed by atoms with van der Waals surface area (Å²) in [5.74, 6) is 1.50. The lowest BCUT2D eigenvalue weighted by atomic mass is 10.2. The standard InChI is InChI=1S/C13H11N3OS/c1-2-18-11-5-3-9(4-6-11)12-15-8-10(7-14)13(17)16-12/h3-6,8H,2H2,1H3,(H,15,16,17). The molecule has 18 heavy (non-hydrogen) atoms. The molecule has 0 fully saturated rings. The number of nitrogens with one attached hydrogen (secondary N) is 1. The second-order valence-electron chi connectivity index (χ2n) is 3.54. The molecule has 0 aliphatic carbocycles. The van der Waals surface area contributed by atoms with E-state index in [0.29, 0.717) is 5.82 Å². The highest BCUT2D eigenvalue weighted by atomic mass is 32.2. The van der Waals surface area contributed by atoms with Crippen LogP contribution in [0.2, 0.25) is 0 Å². The van der Waals surface area contributed by atoms with E-state index in [0.717, 1.165) is 11.3 Å². The average molecular weight is 257 g/mol. The summed E-state index contributed by atoms with van der Waals surface area (Å²) in [5.41, 5.74) is 0.448. The van der Waals surface area contributed by atoms with Crippen LogP contribution in [0.15, 0.2) is 40.2 Å². The van der Waals surface area contributed by atoms with Crippen LogP contribution in [-0.4, -0.2) is 15.7 Å². The van der Waals surface area contributed by atoms with Gasteiger partial charge in [-0.1, -0.05) is 19.1 Å². The summed E-state index contributed by atoms with van der Waals surface area (Å²) in [6, 6.07) is 9.58. The van der Waals surface area contributed by atoms with Gasteiger partial charge < -0.3 is 4.98 Å². The van der Waals surface area contributed by atoms with Crippen molar-refractivity contribution in [3.8, 4) is 17.5 Å². The van der Waals surface area contributed by atoms with Crippen LogP contribution in [0.4, 0.5) is 0 Å². The molecule has 4 nitrogen and oxygen atoms in total. The van der Waals surface area contributed by atoms with Gasteiger partial charge in [-0.15, -0.1) is 11.8 Å². The number of rotatable bonds is 3. The van der Waals surface area contributed by atoms with Gasteiger partial charge >= 0.3 is 0 Å². The fourth-order valence-corrected chi connectivity index (χ4v) is 2.16. The monoisotopic (exact) mass is 257 g/mol. The van der Waals surface area contributed by atoms with Crippen molar-refractivity contribution in [3.63, 3.8) is 0 Å². The maximum Gasteiger partial charge on any atom is 0.269 e. The lowest BCUT2D eigenvalue weighted by molar-refractivity contribution is 1.11. The van der Waals surface area contributed by atoms with Crippen molar-refractivity contribution in [2.75, 3.05) is 5.75 Å². The number of hydrogen-bond acceptors (Lipinski definition) is 4. The molecule has 0 radical (unpaired) electrons. The number of nitrogens with zero attached hydrogens (tertiary/aromatic N) is 2. The zero-order valence-corrected chi connectivity index (χ0v) is 10.6. The minimum absolute atomic E-state index is 0.0249. The Bertz CT molecular complexity index is 641. The lowest BCUT2D eigenvalue weighted by Crippen LogP contribution is -2.11. The van der Waals surface area contributed by atoms with Crippen LogP contribution in [-0.2, 0) is 0 Å². The first-order valence-corrected chi connectivity index (χ1v) is 6.46. The van der Waals surface area contributed by atoms with Gasteiger partial charge in [-0.25, -0.2) is 4.98 Å². The van der Waals surface area contributed by atoms with Gasteiger partial charge in [0.2, 0.25) is 0 Å². The molecule has 0 bridgehead atoms. The minimum Gasteiger partial charge on any atom is -0.305 e. The number of nitriles is 1. The first-order valence-electron chi connectivity index (χ1n) is 5.47. The van der Waals surface area contributed by atoms with E-state index in [9.17, 15) is 4.79 Å². The maximum absolute atomic E-state index is 11.5. The summed E-state index contributed by atoms with van der Waals surface area (Å²) < 4.78 is 0. The molecule has 2 rings (SSSR count). The van der Waals surface area contributed by atoms with Gasteiger partial charge in [-0.2, -0.15) is 5.26 Å².